The summed E-state index contributed by atoms with van der Waals surface area (Å²) in [6.07, 6.45) is 0. The van der Waals surface area contributed by atoms with Gasteiger partial charge >= 0.3 is 5.97 Å². The largest absolute Gasteiger partial charge is 0.480 e. The van der Waals surface area contributed by atoms with Gasteiger partial charge in [0.2, 0.25) is 5.91 Å². The molecule has 4 nitrogen and oxygen atoms in total. The molecule has 0 aliphatic carbocycles. The van der Waals surface area contributed by atoms with Crippen LogP contribution < -0.4 is 5.32 Å². The van der Waals surface area contributed by atoms with Gasteiger partial charge in [-0.05, 0) is 32.0 Å². The number of aliphatic carboxylic acids is 1. The van der Waals surface area contributed by atoms with E-state index in [0.29, 0.717) is 0 Å². The molecule has 0 aromatic heterocycles. The molecule has 0 radical (unpaired) electrons. The third-order valence-electron chi connectivity index (χ3n) is 2.28. The Labute approximate surface area is 102 Å². The van der Waals surface area contributed by atoms with Gasteiger partial charge in [0.1, 0.15) is 11.2 Å². The number of nitrogens with one attached hydrogen (secondary N) is 1. The van der Waals surface area contributed by atoms with Crippen molar-refractivity contribution in [3.05, 3.63) is 29.0 Å². The summed E-state index contributed by atoms with van der Waals surface area (Å²) < 4.78 is 12.9. The van der Waals surface area contributed by atoms with E-state index in [4.69, 9.17) is 16.7 Å². The van der Waals surface area contributed by atoms with Crippen molar-refractivity contribution in [3.63, 3.8) is 0 Å². The zero-order chi connectivity index (χ0) is 13.2. The van der Waals surface area contributed by atoms with Crippen molar-refractivity contribution in [3.8, 4) is 0 Å². The van der Waals surface area contributed by atoms with E-state index in [-0.39, 0.29) is 10.7 Å². The molecule has 1 aromatic carbocycles. The lowest BCUT2D eigenvalue weighted by Gasteiger charge is -2.18. The van der Waals surface area contributed by atoms with Crippen LogP contribution in [0.1, 0.15) is 13.8 Å². The third kappa shape index (κ3) is 2.94. The van der Waals surface area contributed by atoms with Crippen LogP contribution in [-0.4, -0.2) is 17.0 Å². The lowest BCUT2D eigenvalue weighted by atomic mass is 9.92. The van der Waals surface area contributed by atoms with Crippen LogP contribution in [0, 0.1) is 11.2 Å². The number of amides is 1. The Morgan fingerprint density at radius 3 is 2.47 bits per heavy atom. The molecule has 1 amide bonds. The van der Waals surface area contributed by atoms with Gasteiger partial charge in [-0.3, -0.25) is 9.59 Å². The molecule has 6 heteroatoms. The second-order valence-electron chi connectivity index (χ2n) is 4.01. The van der Waals surface area contributed by atoms with E-state index in [9.17, 15) is 14.0 Å². The Morgan fingerprint density at radius 1 is 1.41 bits per heavy atom. The predicted octanol–water partition coefficient (Wildman–Crippen LogP) is 2.53. The van der Waals surface area contributed by atoms with Gasteiger partial charge in [0.05, 0.1) is 5.02 Å². The first-order valence-corrected chi connectivity index (χ1v) is 5.13. The van der Waals surface area contributed by atoms with E-state index in [0.717, 1.165) is 6.07 Å². The first kappa shape index (κ1) is 13.4. The fourth-order valence-corrected chi connectivity index (χ4v) is 1.14. The van der Waals surface area contributed by atoms with Crippen LogP contribution in [0.2, 0.25) is 5.02 Å². The average molecular weight is 260 g/mol. The van der Waals surface area contributed by atoms with Crippen molar-refractivity contribution in [2.45, 2.75) is 13.8 Å². The molecule has 0 unspecified atom stereocenters. The monoisotopic (exact) mass is 259 g/mol. The van der Waals surface area contributed by atoms with Crippen molar-refractivity contribution >= 4 is 29.2 Å². The second kappa shape index (κ2) is 4.71. The summed E-state index contributed by atoms with van der Waals surface area (Å²) in [5.41, 5.74) is -1.32. The molecular weight excluding hydrogens is 249 g/mol. The van der Waals surface area contributed by atoms with Crippen molar-refractivity contribution in [2.24, 2.45) is 5.41 Å². The molecule has 0 atom stereocenters. The Morgan fingerprint density at radius 2 is 2.00 bits per heavy atom. The van der Waals surface area contributed by atoms with Crippen molar-refractivity contribution in [2.75, 3.05) is 5.32 Å². The zero-order valence-corrected chi connectivity index (χ0v) is 10.0. The van der Waals surface area contributed by atoms with Crippen molar-refractivity contribution in [1.29, 1.82) is 0 Å². The van der Waals surface area contributed by atoms with Crippen LogP contribution >= 0.6 is 11.6 Å². The SMILES string of the molecule is CC(C)(C(=O)O)C(=O)Nc1ccc(F)c(Cl)c1. The molecule has 0 saturated heterocycles. The maximum absolute atomic E-state index is 12.9. The summed E-state index contributed by atoms with van der Waals surface area (Å²) in [4.78, 5) is 22.5. The maximum Gasteiger partial charge on any atom is 0.318 e. The topological polar surface area (TPSA) is 66.4 Å². The molecule has 0 heterocycles. The lowest BCUT2D eigenvalue weighted by Crippen LogP contribution is -2.37. The second-order valence-corrected chi connectivity index (χ2v) is 4.42. The van der Waals surface area contributed by atoms with Crippen LogP contribution in [0.3, 0.4) is 0 Å². The quantitative estimate of drug-likeness (QED) is 0.820. The number of carbonyl (C=O) groups excluding carboxylic acids is 1. The number of halogens is 2. The third-order valence-corrected chi connectivity index (χ3v) is 2.57. The number of benzene rings is 1. The molecule has 0 spiro atoms. The minimum absolute atomic E-state index is 0.143. The molecule has 0 bridgehead atoms. The first-order chi connectivity index (χ1) is 7.75. The number of anilines is 1. The van der Waals surface area contributed by atoms with E-state index >= 15 is 0 Å². The van der Waals surface area contributed by atoms with Crippen LogP contribution in [0.5, 0.6) is 0 Å². The summed E-state index contributed by atoms with van der Waals surface area (Å²) in [6.45, 7) is 2.55. The van der Waals surface area contributed by atoms with Crippen molar-refractivity contribution in [1.82, 2.24) is 0 Å². The van der Waals surface area contributed by atoms with Gasteiger partial charge in [0.15, 0.2) is 0 Å². The van der Waals surface area contributed by atoms with Crippen LogP contribution in [0.4, 0.5) is 10.1 Å². The summed E-state index contributed by atoms with van der Waals surface area (Å²) in [7, 11) is 0. The zero-order valence-electron chi connectivity index (χ0n) is 9.25. The van der Waals surface area contributed by atoms with E-state index in [1.165, 1.54) is 26.0 Å². The van der Waals surface area contributed by atoms with E-state index in [1.54, 1.807) is 0 Å². The fraction of sp³-hybridized carbons (Fsp3) is 0.273. The van der Waals surface area contributed by atoms with Gasteiger partial charge in [0.25, 0.3) is 0 Å². The fourth-order valence-electron chi connectivity index (χ4n) is 0.958. The highest BCUT2D eigenvalue weighted by molar-refractivity contribution is 6.31. The molecule has 0 fully saturated rings. The summed E-state index contributed by atoms with van der Waals surface area (Å²) in [6, 6.07) is 3.61. The molecule has 92 valence electrons. The van der Waals surface area contributed by atoms with Crippen LogP contribution in [-0.2, 0) is 9.59 Å². The summed E-state index contributed by atoms with van der Waals surface area (Å²) in [5.74, 6) is -2.56. The van der Waals surface area contributed by atoms with E-state index in [1.807, 2.05) is 0 Å². The first-order valence-electron chi connectivity index (χ1n) is 4.75. The van der Waals surface area contributed by atoms with Crippen LogP contribution in [0.15, 0.2) is 18.2 Å². The molecule has 1 rings (SSSR count). The Bertz CT molecular complexity index is 474. The molecule has 1 aromatic rings. The molecule has 0 aliphatic heterocycles. The standard InChI is InChI=1S/C11H11ClFNO3/c1-11(2,10(16)17)9(15)14-6-3-4-8(13)7(12)5-6/h3-5H,1-2H3,(H,14,15)(H,16,17). The predicted molar refractivity (Wildman–Crippen MR) is 61.5 cm³/mol. The highest BCUT2D eigenvalue weighted by Gasteiger charge is 2.36. The number of carbonyl (C=O) groups is 2. The van der Waals surface area contributed by atoms with E-state index < -0.39 is 23.1 Å². The summed E-state index contributed by atoms with van der Waals surface area (Å²) in [5, 5.41) is 11.1. The smallest absolute Gasteiger partial charge is 0.318 e. The molecule has 17 heavy (non-hydrogen) atoms. The number of rotatable bonds is 3. The van der Waals surface area contributed by atoms with Crippen LogP contribution in [0.25, 0.3) is 0 Å². The highest BCUT2D eigenvalue weighted by atomic mass is 35.5. The molecule has 2 N–H and O–H groups in total. The Hall–Kier alpha value is -1.62. The van der Waals surface area contributed by atoms with Crippen molar-refractivity contribution < 1.29 is 19.1 Å². The summed E-state index contributed by atoms with van der Waals surface area (Å²) >= 11 is 5.53. The normalized spacial score (nSPS) is 11.1. The van der Waals surface area contributed by atoms with E-state index in [2.05, 4.69) is 5.32 Å². The van der Waals surface area contributed by atoms with Gasteiger partial charge in [-0.15, -0.1) is 0 Å². The minimum atomic E-state index is -1.57. The Balaban J connectivity index is 2.89. The maximum atomic E-state index is 12.9. The average Bonchev–Trinajstić information content (AvgIpc) is 2.23. The van der Waals surface area contributed by atoms with Gasteiger partial charge in [0, 0.05) is 5.69 Å². The minimum Gasteiger partial charge on any atom is -0.480 e. The van der Waals surface area contributed by atoms with Gasteiger partial charge in [-0.1, -0.05) is 11.6 Å². The van der Waals surface area contributed by atoms with Gasteiger partial charge < -0.3 is 10.4 Å². The van der Waals surface area contributed by atoms with Gasteiger partial charge in [-0.2, -0.15) is 0 Å². The lowest BCUT2D eigenvalue weighted by molar-refractivity contribution is -0.151. The van der Waals surface area contributed by atoms with Gasteiger partial charge in [-0.25, -0.2) is 4.39 Å². The molecule has 0 saturated carbocycles. The number of hydrogen-bond donors (Lipinski definition) is 2. The number of carboxylic acid groups (broad SMARTS) is 1. The Kier molecular flexibility index (Phi) is 3.72. The highest BCUT2D eigenvalue weighted by Crippen LogP contribution is 2.22. The molecule has 0 aliphatic rings. The number of carboxylic acids is 1. The molecular formula is C11H11ClFNO3. The number of hydrogen-bond acceptors (Lipinski definition) is 2.